The third kappa shape index (κ3) is 16.0. The summed E-state index contributed by atoms with van der Waals surface area (Å²) < 4.78 is 0. The van der Waals surface area contributed by atoms with Gasteiger partial charge in [-0.25, -0.2) is 0 Å². The summed E-state index contributed by atoms with van der Waals surface area (Å²) in [5.41, 5.74) is 25.5. The first-order valence-electron chi connectivity index (χ1n) is 21.4. The maximum absolute atomic E-state index is 6.11. The number of unbranched alkanes of at least 4 members (excludes halogenated alkanes) is 15. The van der Waals surface area contributed by atoms with Crippen LogP contribution in [-0.2, 0) is 38.5 Å². The van der Waals surface area contributed by atoms with Gasteiger partial charge in [-0.05, 0) is 133 Å². The summed E-state index contributed by atoms with van der Waals surface area (Å²) in [6.07, 6.45) is 30.9. The molecule has 4 aromatic carbocycles. The zero-order chi connectivity index (χ0) is 36.6. The van der Waals surface area contributed by atoms with Crippen molar-refractivity contribution in [3.05, 3.63) is 129 Å². The van der Waals surface area contributed by atoms with E-state index in [1.54, 1.807) is 0 Å². The van der Waals surface area contributed by atoms with Gasteiger partial charge in [-0.1, -0.05) is 164 Å². The molecule has 4 N–H and O–H groups in total. The van der Waals surface area contributed by atoms with Crippen molar-refractivity contribution in [2.75, 3.05) is 11.5 Å². The summed E-state index contributed by atoms with van der Waals surface area (Å²) >= 11 is 0. The molecule has 4 aromatic rings. The van der Waals surface area contributed by atoms with Crippen molar-refractivity contribution < 1.29 is 0 Å². The van der Waals surface area contributed by atoms with Gasteiger partial charge in [0, 0.05) is 11.4 Å². The minimum atomic E-state index is 0.888. The molecule has 0 saturated heterocycles. The summed E-state index contributed by atoms with van der Waals surface area (Å²) in [6.45, 7) is 4.53. The first kappa shape index (κ1) is 41.2. The van der Waals surface area contributed by atoms with Crippen molar-refractivity contribution in [1.82, 2.24) is 0 Å². The van der Waals surface area contributed by atoms with Gasteiger partial charge in [0.15, 0.2) is 0 Å². The molecule has 0 spiro atoms. The second kappa shape index (κ2) is 24.7. The van der Waals surface area contributed by atoms with Crippen molar-refractivity contribution in [3.63, 3.8) is 0 Å². The Bertz CT molecular complexity index is 1400. The lowest BCUT2D eigenvalue weighted by Crippen LogP contribution is -1.99. The molecule has 0 bridgehead atoms. The molecule has 0 fully saturated rings. The molecule has 0 radical (unpaired) electrons. The summed E-state index contributed by atoms with van der Waals surface area (Å²) in [7, 11) is 0. The molecule has 2 heteroatoms. The van der Waals surface area contributed by atoms with Crippen molar-refractivity contribution in [1.29, 1.82) is 0 Å². The molecule has 2 nitrogen and oxygen atoms in total. The smallest absolute Gasteiger partial charge is 0.0316 e. The van der Waals surface area contributed by atoms with Crippen LogP contribution in [-0.4, -0.2) is 0 Å². The Morgan fingerprint density at radius 2 is 0.615 bits per heavy atom. The number of aryl methyl sites for hydroxylation is 4. The van der Waals surface area contributed by atoms with E-state index in [9.17, 15) is 0 Å². The van der Waals surface area contributed by atoms with Crippen LogP contribution in [0.4, 0.5) is 11.4 Å². The van der Waals surface area contributed by atoms with Gasteiger partial charge in [0.2, 0.25) is 0 Å². The SMILES string of the molecule is CCCCCc1cc(N)ccc1Cc1ccc(CCCCCCCCCCCCCCc2ccc(Cc3ccc(N)cc3CCCCC)cc2)cc1. The largest absolute Gasteiger partial charge is 0.399 e. The molecular weight excluding hydrogens is 629 g/mol. The second-order valence-electron chi connectivity index (χ2n) is 15.7. The Kier molecular flexibility index (Phi) is 19.6. The minimum absolute atomic E-state index is 0.888. The molecule has 0 aliphatic rings. The maximum Gasteiger partial charge on any atom is 0.0316 e. The Hall–Kier alpha value is -3.52. The van der Waals surface area contributed by atoms with Crippen LogP contribution in [0.1, 0.15) is 174 Å². The second-order valence-corrected chi connectivity index (χ2v) is 15.7. The van der Waals surface area contributed by atoms with Crippen LogP contribution in [0.5, 0.6) is 0 Å². The number of hydrogen-bond acceptors (Lipinski definition) is 2. The van der Waals surface area contributed by atoms with Crippen molar-refractivity contribution in [2.24, 2.45) is 0 Å². The predicted octanol–water partition coefficient (Wildman–Crippen LogP) is 14.0. The quantitative estimate of drug-likeness (QED) is 0.0480. The summed E-state index contributed by atoms with van der Waals surface area (Å²) in [4.78, 5) is 0. The van der Waals surface area contributed by atoms with Gasteiger partial charge in [-0.15, -0.1) is 0 Å². The Labute approximate surface area is 319 Å². The van der Waals surface area contributed by atoms with Crippen LogP contribution >= 0.6 is 0 Å². The highest BCUT2D eigenvalue weighted by Crippen LogP contribution is 2.23. The van der Waals surface area contributed by atoms with Crippen molar-refractivity contribution >= 4 is 11.4 Å². The van der Waals surface area contributed by atoms with E-state index in [2.05, 4.69) is 98.8 Å². The zero-order valence-corrected chi connectivity index (χ0v) is 33.2. The molecule has 0 saturated carbocycles. The van der Waals surface area contributed by atoms with Crippen LogP contribution in [0.15, 0.2) is 84.9 Å². The topological polar surface area (TPSA) is 52.0 Å². The number of nitrogen functional groups attached to an aromatic ring is 2. The molecule has 0 unspecified atom stereocenters. The maximum atomic E-state index is 6.11. The van der Waals surface area contributed by atoms with E-state index in [0.717, 1.165) is 37.1 Å². The van der Waals surface area contributed by atoms with E-state index in [4.69, 9.17) is 11.5 Å². The molecule has 282 valence electrons. The van der Waals surface area contributed by atoms with Crippen LogP contribution in [0.2, 0.25) is 0 Å². The zero-order valence-electron chi connectivity index (χ0n) is 33.2. The normalized spacial score (nSPS) is 11.3. The average molecular weight is 701 g/mol. The Morgan fingerprint density at radius 1 is 0.308 bits per heavy atom. The number of hydrogen-bond donors (Lipinski definition) is 2. The lowest BCUT2D eigenvalue weighted by molar-refractivity contribution is 0.540. The van der Waals surface area contributed by atoms with Gasteiger partial charge >= 0.3 is 0 Å². The molecule has 0 aliphatic carbocycles. The van der Waals surface area contributed by atoms with E-state index in [1.807, 2.05) is 0 Å². The number of benzene rings is 4. The predicted molar refractivity (Wildman–Crippen MR) is 229 cm³/mol. The van der Waals surface area contributed by atoms with E-state index in [0.29, 0.717) is 0 Å². The lowest BCUT2D eigenvalue weighted by atomic mass is 9.94. The molecule has 0 atom stereocenters. The third-order valence-electron chi connectivity index (χ3n) is 11.1. The number of anilines is 2. The highest BCUT2D eigenvalue weighted by atomic mass is 14.5. The van der Waals surface area contributed by atoms with Gasteiger partial charge in [0.05, 0.1) is 0 Å². The Morgan fingerprint density at radius 3 is 0.962 bits per heavy atom. The fraction of sp³-hybridized carbons (Fsp3) is 0.520. The average Bonchev–Trinajstić information content (AvgIpc) is 3.15. The molecular formula is C50H72N2. The first-order chi connectivity index (χ1) is 25.5. The number of rotatable bonds is 27. The summed E-state index contributed by atoms with van der Waals surface area (Å²) in [6, 6.07) is 31.8. The highest BCUT2D eigenvalue weighted by Gasteiger charge is 2.07. The molecule has 0 amide bonds. The van der Waals surface area contributed by atoms with Crippen LogP contribution in [0.3, 0.4) is 0 Å². The van der Waals surface area contributed by atoms with Gasteiger partial charge in [0.25, 0.3) is 0 Å². The van der Waals surface area contributed by atoms with E-state index in [1.165, 1.54) is 173 Å². The minimum Gasteiger partial charge on any atom is -0.399 e. The standard InChI is InChI=1S/C50H72N2/c1-3-5-17-23-45-39-49(51)35-33-47(45)37-43-29-25-41(26-30-43)21-19-15-13-11-9-7-8-10-12-14-16-20-22-42-27-31-44(32-28-42)38-48-34-36-50(52)40-46(48)24-18-6-4-2/h25-36,39-40H,3-24,37-38,51-52H2,1-2H3. The van der Waals surface area contributed by atoms with Crippen LogP contribution in [0.25, 0.3) is 0 Å². The van der Waals surface area contributed by atoms with Gasteiger partial charge in [-0.2, -0.15) is 0 Å². The number of nitrogens with two attached hydrogens (primary N) is 2. The van der Waals surface area contributed by atoms with Crippen LogP contribution < -0.4 is 11.5 Å². The van der Waals surface area contributed by atoms with Crippen LogP contribution in [0, 0.1) is 0 Å². The van der Waals surface area contributed by atoms with Crippen molar-refractivity contribution in [2.45, 2.75) is 168 Å². The molecule has 0 heterocycles. The van der Waals surface area contributed by atoms with Crippen molar-refractivity contribution in [3.8, 4) is 0 Å². The van der Waals surface area contributed by atoms with E-state index >= 15 is 0 Å². The summed E-state index contributed by atoms with van der Waals surface area (Å²) in [5, 5.41) is 0. The third-order valence-corrected chi connectivity index (χ3v) is 11.1. The molecule has 0 aliphatic heterocycles. The Balaban J connectivity index is 0.976. The summed E-state index contributed by atoms with van der Waals surface area (Å²) in [5.74, 6) is 0. The van der Waals surface area contributed by atoms with E-state index < -0.39 is 0 Å². The highest BCUT2D eigenvalue weighted by molar-refractivity contribution is 5.47. The van der Waals surface area contributed by atoms with E-state index in [-0.39, 0.29) is 0 Å². The monoisotopic (exact) mass is 701 g/mol. The molecule has 0 aromatic heterocycles. The molecule has 4 rings (SSSR count). The van der Waals surface area contributed by atoms with Gasteiger partial charge in [-0.3, -0.25) is 0 Å². The van der Waals surface area contributed by atoms with Gasteiger partial charge in [0.1, 0.15) is 0 Å². The lowest BCUT2D eigenvalue weighted by Gasteiger charge is -2.11. The first-order valence-corrected chi connectivity index (χ1v) is 21.4. The fourth-order valence-electron chi connectivity index (χ4n) is 7.75. The molecule has 52 heavy (non-hydrogen) atoms. The van der Waals surface area contributed by atoms with Gasteiger partial charge < -0.3 is 11.5 Å². The fourth-order valence-corrected chi connectivity index (χ4v) is 7.75.